The second-order valence-corrected chi connectivity index (χ2v) is 7.29. The maximum absolute atomic E-state index is 12.0. The summed E-state index contributed by atoms with van der Waals surface area (Å²) >= 11 is 3.19. The summed E-state index contributed by atoms with van der Waals surface area (Å²) in [5.41, 5.74) is 2.75. The number of hydrogen-bond acceptors (Lipinski definition) is 6. The first-order valence-corrected chi connectivity index (χ1v) is 9.60. The Kier molecular flexibility index (Phi) is 4.59. The van der Waals surface area contributed by atoms with Gasteiger partial charge in [0.2, 0.25) is 6.79 Å². The van der Waals surface area contributed by atoms with Crippen LogP contribution in [0.2, 0.25) is 0 Å². The molecule has 8 heteroatoms. The summed E-state index contributed by atoms with van der Waals surface area (Å²) < 4.78 is 10.5. The zero-order valence-corrected chi connectivity index (χ0v) is 15.1. The molecule has 6 nitrogen and oxygen atoms in total. The van der Waals surface area contributed by atoms with Gasteiger partial charge in [0.15, 0.2) is 11.5 Å². The van der Waals surface area contributed by atoms with Gasteiger partial charge in [-0.25, -0.2) is 0 Å². The van der Waals surface area contributed by atoms with Gasteiger partial charge in [-0.05, 0) is 51.5 Å². The first-order chi connectivity index (χ1) is 12.7. The van der Waals surface area contributed by atoms with Crippen LogP contribution in [0.4, 0.5) is 5.69 Å². The molecule has 0 saturated carbocycles. The highest BCUT2D eigenvalue weighted by atomic mass is 32.1. The number of fused-ring (bicyclic) bond motifs is 1. The third-order valence-corrected chi connectivity index (χ3v) is 5.39. The van der Waals surface area contributed by atoms with Crippen LogP contribution in [0.5, 0.6) is 11.5 Å². The van der Waals surface area contributed by atoms with E-state index in [9.17, 15) is 9.59 Å². The smallest absolute Gasteiger partial charge is 0.313 e. The molecule has 26 heavy (non-hydrogen) atoms. The van der Waals surface area contributed by atoms with E-state index in [0.717, 1.165) is 16.0 Å². The first kappa shape index (κ1) is 16.6. The minimum absolute atomic E-state index is 0.154. The number of anilines is 1. The van der Waals surface area contributed by atoms with Gasteiger partial charge in [-0.3, -0.25) is 9.59 Å². The average molecular weight is 386 g/mol. The Labute approximate surface area is 157 Å². The number of carbonyl (C=O) groups excluding carboxylic acids is 2. The Bertz CT molecular complexity index is 950. The zero-order chi connectivity index (χ0) is 17.9. The molecule has 0 spiro atoms. The Morgan fingerprint density at radius 1 is 1.00 bits per heavy atom. The minimum atomic E-state index is -0.724. The highest BCUT2D eigenvalue weighted by Gasteiger charge is 2.17. The molecule has 132 valence electrons. The maximum Gasteiger partial charge on any atom is 0.313 e. The molecule has 0 saturated heterocycles. The van der Waals surface area contributed by atoms with Gasteiger partial charge < -0.3 is 20.1 Å². The molecule has 2 N–H and O–H groups in total. The molecule has 0 bridgehead atoms. The van der Waals surface area contributed by atoms with Crippen molar-refractivity contribution in [2.24, 2.45) is 0 Å². The Hall–Kier alpha value is -2.84. The van der Waals surface area contributed by atoms with Crippen LogP contribution in [0.25, 0.3) is 11.1 Å². The lowest BCUT2D eigenvalue weighted by molar-refractivity contribution is -0.136. The highest BCUT2D eigenvalue weighted by molar-refractivity contribution is 7.10. The van der Waals surface area contributed by atoms with Crippen LogP contribution in [-0.2, 0) is 16.1 Å². The van der Waals surface area contributed by atoms with Gasteiger partial charge in [-0.1, -0.05) is 0 Å². The minimum Gasteiger partial charge on any atom is -0.454 e. The van der Waals surface area contributed by atoms with Crippen molar-refractivity contribution in [2.75, 3.05) is 12.1 Å². The standard InChI is InChI=1S/C18H14N2O4S2/c21-17(18(22)20-13-1-2-15-16(6-13)24-10-23-15)19-7-14-5-12(9-26-14)11-3-4-25-8-11/h1-6,8-9H,7,10H2,(H,19,21)(H,20,22). The molecule has 0 unspecified atom stereocenters. The van der Waals surface area contributed by atoms with Gasteiger partial charge in [0.1, 0.15) is 0 Å². The number of rotatable bonds is 4. The molecule has 2 aromatic heterocycles. The van der Waals surface area contributed by atoms with Crippen LogP contribution in [0.3, 0.4) is 0 Å². The Balaban J connectivity index is 1.32. The molecule has 4 rings (SSSR count). The van der Waals surface area contributed by atoms with E-state index < -0.39 is 11.8 Å². The van der Waals surface area contributed by atoms with Crippen molar-refractivity contribution >= 4 is 40.2 Å². The SMILES string of the molecule is O=C(NCc1cc(-c2ccsc2)cs1)C(=O)Nc1ccc2c(c1)OCO2. The largest absolute Gasteiger partial charge is 0.454 e. The van der Waals surface area contributed by atoms with Crippen LogP contribution in [0, 0.1) is 0 Å². The third-order valence-electron chi connectivity index (χ3n) is 3.77. The average Bonchev–Trinajstić information content (AvgIpc) is 3.39. The van der Waals surface area contributed by atoms with E-state index in [0.29, 0.717) is 23.7 Å². The van der Waals surface area contributed by atoms with E-state index >= 15 is 0 Å². The van der Waals surface area contributed by atoms with Crippen molar-refractivity contribution in [3.8, 4) is 22.6 Å². The monoisotopic (exact) mass is 386 g/mol. The predicted molar refractivity (Wildman–Crippen MR) is 101 cm³/mol. The second kappa shape index (κ2) is 7.19. The molecule has 2 amide bonds. The molecular formula is C18H14N2O4S2. The molecule has 3 heterocycles. The van der Waals surface area contributed by atoms with E-state index in [1.54, 1.807) is 40.9 Å². The van der Waals surface area contributed by atoms with Crippen molar-refractivity contribution < 1.29 is 19.1 Å². The molecule has 0 fully saturated rings. The van der Waals surface area contributed by atoms with E-state index in [2.05, 4.69) is 16.0 Å². The number of benzene rings is 1. The zero-order valence-electron chi connectivity index (χ0n) is 13.5. The lowest BCUT2D eigenvalue weighted by Crippen LogP contribution is -2.34. The summed E-state index contributed by atoms with van der Waals surface area (Å²) in [6.45, 7) is 0.462. The van der Waals surface area contributed by atoms with Gasteiger partial charge >= 0.3 is 11.8 Å². The highest BCUT2D eigenvalue weighted by Crippen LogP contribution is 2.34. The molecule has 0 aliphatic carbocycles. The van der Waals surface area contributed by atoms with Crippen LogP contribution >= 0.6 is 22.7 Å². The Morgan fingerprint density at radius 2 is 1.88 bits per heavy atom. The van der Waals surface area contributed by atoms with Crippen LogP contribution in [0.1, 0.15) is 4.88 Å². The van der Waals surface area contributed by atoms with Crippen molar-refractivity contribution in [3.63, 3.8) is 0 Å². The van der Waals surface area contributed by atoms with E-state index in [1.807, 2.05) is 22.9 Å². The number of nitrogens with one attached hydrogen (secondary N) is 2. The van der Waals surface area contributed by atoms with Crippen molar-refractivity contribution in [1.29, 1.82) is 0 Å². The molecule has 3 aromatic rings. The molecule has 1 aliphatic rings. The lowest BCUT2D eigenvalue weighted by Gasteiger charge is -2.06. The summed E-state index contributed by atoms with van der Waals surface area (Å²) in [7, 11) is 0. The number of carbonyl (C=O) groups is 2. The van der Waals surface area contributed by atoms with Gasteiger partial charge in [0.05, 0.1) is 6.54 Å². The summed E-state index contributed by atoms with van der Waals surface area (Å²) in [6, 6.07) is 9.04. The summed E-state index contributed by atoms with van der Waals surface area (Å²) in [6.07, 6.45) is 0. The maximum atomic E-state index is 12.0. The fraction of sp³-hybridized carbons (Fsp3) is 0.111. The molecule has 0 radical (unpaired) electrons. The molecule has 1 aromatic carbocycles. The fourth-order valence-corrected chi connectivity index (χ4v) is 3.96. The van der Waals surface area contributed by atoms with E-state index in [-0.39, 0.29) is 6.79 Å². The summed E-state index contributed by atoms with van der Waals surface area (Å²) in [5, 5.41) is 11.3. The molecule has 1 aliphatic heterocycles. The topological polar surface area (TPSA) is 76.7 Å². The fourth-order valence-electron chi connectivity index (χ4n) is 2.46. The predicted octanol–water partition coefficient (Wildman–Crippen LogP) is 3.46. The van der Waals surface area contributed by atoms with E-state index in [1.165, 1.54) is 0 Å². The van der Waals surface area contributed by atoms with Crippen LogP contribution < -0.4 is 20.1 Å². The number of ether oxygens (including phenoxy) is 2. The van der Waals surface area contributed by atoms with Crippen LogP contribution in [0.15, 0.2) is 46.5 Å². The van der Waals surface area contributed by atoms with Gasteiger partial charge in [0, 0.05) is 16.6 Å². The molecular weight excluding hydrogens is 372 g/mol. The molecule has 0 atom stereocenters. The number of amides is 2. The van der Waals surface area contributed by atoms with Crippen molar-refractivity contribution in [1.82, 2.24) is 5.32 Å². The van der Waals surface area contributed by atoms with Gasteiger partial charge in [-0.2, -0.15) is 11.3 Å². The lowest BCUT2D eigenvalue weighted by atomic mass is 10.2. The number of hydrogen-bond donors (Lipinski definition) is 2. The Morgan fingerprint density at radius 3 is 2.73 bits per heavy atom. The van der Waals surface area contributed by atoms with Gasteiger partial charge in [-0.15, -0.1) is 11.3 Å². The van der Waals surface area contributed by atoms with E-state index in [4.69, 9.17) is 9.47 Å². The summed E-state index contributed by atoms with van der Waals surface area (Å²) in [4.78, 5) is 25.0. The summed E-state index contributed by atoms with van der Waals surface area (Å²) in [5.74, 6) is -0.249. The first-order valence-electron chi connectivity index (χ1n) is 7.78. The van der Waals surface area contributed by atoms with Crippen LogP contribution in [-0.4, -0.2) is 18.6 Å². The second-order valence-electron chi connectivity index (χ2n) is 5.52. The normalized spacial score (nSPS) is 12.0. The van der Waals surface area contributed by atoms with Crippen molar-refractivity contribution in [3.05, 3.63) is 51.3 Å². The quantitative estimate of drug-likeness (QED) is 0.673. The van der Waals surface area contributed by atoms with Gasteiger partial charge in [0.25, 0.3) is 0 Å². The number of thiophene rings is 2. The van der Waals surface area contributed by atoms with Crippen molar-refractivity contribution in [2.45, 2.75) is 6.54 Å². The third kappa shape index (κ3) is 3.56.